The minimum atomic E-state index is -0.122. The smallest absolute Gasteiger partial charge is 0.293 e. The minimum absolute atomic E-state index is 0.0623. The molecule has 1 aromatic heterocycles. The van der Waals surface area contributed by atoms with Gasteiger partial charge in [0.25, 0.3) is 5.91 Å². The number of aromatic amines is 1. The van der Waals surface area contributed by atoms with E-state index in [1.807, 2.05) is 20.8 Å². The van der Waals surface area contributed by atoms with Crippen LogP contribution in [0.1, 0.15) is 37.2 Å². The zero-order valence-corrected chi connectivity index (χ0v) is 10.4. The first-order valence-electron chi connectivity index (χ1n) is 5.96. The third kappa shape index (κ3) is 2.63. The van der Waals surface area contributed by atoms with Gasteiger partial charge in [0.15, 0.2) is 0 Å². The molecule has 1 amide bonds. The molecule has 0 radical (unpaired) electrons. The van der Waals surface area contributed by atoms with Crippen LogP contribution >= 0.6 is 0 Å². The van der Waals surface area contributed by atoms with Gasteiger partial charge in [-0.2, -0.15) is 0 Å². The number of nitrogens with zero attached hydrogens (tertiary/aromatic N) is 3. The van der Waals surface area contributed by atoms with Crippen molar-refractivity contribution in [3.8, 4) is 0 Å². The highest BCUT2D eigenvalue weighted by molar-refractivity contribution is 5.90. The molecule has 0 spiro atoms. The number of carbonyl (C=O) groups is 1. The summed E-state index contributed by atoms with van der Waals surface area (Å²) in [6.45, 7) is 7.09. The summed E-state index contributed by atoms with van der Waals surface area (Å²) in [5.41, 5.74) is 0. The summed E-state index contributed by atoms with van der Waals surface area (Å²) >= 11 is 0. The van der Waals surface area contributed by atoms with Crippen LogP contribution in [0.4, 0.5) is 0 Å². The Morgan fingerprint density at radius 3 is 2.65 bits per heavy atom. The third-order valence-electron chi connectivity index (χ3n) is 2.76. The summed E-state index contributed by atoms with van der Waals surface area (Å²) in [4.78, 5) is 18.1. The van der Waals surface area contributed by atoms with Gasteiger partial charge in [0.05, 0.1) is 12.2 Å². The van der Waals surface area contributed by atoms with Gasteiger partial charge in [0.2, 0.25) is 5.82 Å². The summed E-state index contributed by atoms with van der Waals surface area (Å²) in [6, 6.07) is 0. The second-order valence-electron chi connectivity index (χ2n) is 4.43. The maximum Gasteiger partial charge on any atom is 0.293 e. The summed E-state index contributed by atoms with van der Waals surface area (Å²) in [5.74, 6) is 0.869. The highest BCUT2D eigenvalue weighted by Crippen LogP contribution is 2.12. The number of aryl methyl sites for hydroxylation is 1. The van der Waals surface area contributed by atoms with Crippen LogP contribution in [0.3, 0.4) is 0 Å². The Morgan fingerprint density at radius 1 is 1.47 bits per heavy atom. The first-order valence-corrected chi connectivity index (χ1v) is 5.96. The van der Waals surface area contributed by atoms with E-state index in [0.29, 0.717) is 13.1 Å². The standard InChI is InChI=1S/C11H18N4O2/c1-4-9-12-10(14-13-9)11(16)15-5-7(2)17-8(3)6-15/h7-8H,4-6H2,1-3H3,(H,12,13,14). The molecule has 2 unspecified atom stereocenters. The molecule has 2 atom stereocenters. The number of H-pyrrole nitrogens is 1. The summed E-state index contributed by atoms with van der Waals surface area (Å²) < 4.78 is 5.59. The monoisotopic (exact) mass is 238 g/mol. The van der Waals surface area contributed by atoms with Crippen LogP contribution in [-0.4, -0.2) is 51.3 Å². The Hall–Kier alpha value is -1.43. The molecule has 6 nitrogen and oxygen atoms in total. The molecule has 2 heterocycles. The average molecular weight is 238 g/mol. The SMILES string of the molecule is CCc1nc(C(=O)N2CC(C)OC(C)C2)n[nH]1. The molecule has 0 saturated carbocycles. The Morgan fingerprint density at radius 2 is 2.12 bits per heavy atom. The van der Waals surface area contributed by atoms with E-state index in [2.05, 4.69) is 15.2 Å². The molecule has 1 saturated heterocycles. The number of carbonyl (C=O) groups excluding carboxylic acids is 1. The molecule has 1 aromatic rings. The fraction of sp³-hybridized carbons (Fsp3) is 0.727. The van der Waals surface area contributed by atoms with Crippen molar-refractivity contribution in [1.29, 1.82) is 0 Å². The predicted octanol–water partition coefficient (Wildman–Crippen LogP) is 0.616. The van der Waals surface area contributed by atoms with E-state index in [1.54, 1.807) is 4.90 Å². The first kappa shape index (κ1) is 12.0. The second kappa shape index (κ2) is 4.83. The summed E-state index contributed by atoms with van der Waals surface area (Å²) in [7, 11) is 0. The molecule has 17 heavy (non-hydrogen) atoms. The summed E-state index contributed by atoms with van der Waals surface area (Å²) in [6.07, 6.45) is 0.871. The number of ether oxygens (including phenoxy) is 1. The molecule has 0 bridgehead atoms. The van der Waals surface area contributed by atoms with E-state index in [-0.39, 0.29) is 23.9 Å². The van der Waals surface area contributed by atoms with Gasteiger partial charge in [-0.05, 0) is 13.8 Å². The lowest BCUT2D eigenvalue weighted by Crippen LogP contribution is -2.48. The van der Waals surface area contributed by atoms with Crippen molar-refractivity contribution in [1.82, 2.24) is 20.1 Å². The Bertz CT molecular complexity index is 394. The van der Waals surface area contributed by atoms with E-state index in [1.165, 1.54) is 0 Å². The van der Waals surface area contributed by atoms with Gasteiger partial charge in [-0.1, -0.05) is 6.92 Å². The van der Waals surface area contributed by atoms with Crippen molar-refractivity contribution >= 4 is 5.91 Å². The quantitative estimate of drug-likeness (QED) is 0.819. The first-order chi connectivity index (χ1) is 8.10. The number of hydrogen-bond acceptors (Lipinski definition) is 4. The van der Waals surface area contributed by atoms with Gasteiger partial charge >= 0.3 is 0 Å². The largest absolute Gasteiger partial charge is 0.372 e. The van der Waals surface area contributed by atoms with Crippen LogP contribution < -0.4 is 0 Å². The molecule has 1 aliphatic heterocycles. The van der Waals surface area contributed by atoms with Crippen LogP contribution in [-0.2, 0) is 11.2 Å². The van der Waals surface area contributed by atoms with Gasteiger partial charge < -0.3 is 9.64 Å². The van der Waals surface area contributed by atoms with Crippen molar-refractivity contribution < 1.29 is 9.53 Å². The van der Waals surface area contributed by atoms with Crippen molar-refractivity contribution in [2.45, 2.75) is 39.4 Å². The van der Waals surface area contributed by atoms with Crippen LogP contribution in [0.2, 0.25) is 0 Å². The van der Waals surface area contributed by atoms with Crippen LogP contribution in [0.5, 0.6) is 0 Å². The van der Waals surface area contributed by atoms with Crippen molar-refractivity contribution in [2.75, 3.05) is 13.1 Å². The molecule has 94 valence electrons. The van der Waals surface area contributed by atoms with Gasteiger partial charge in [-0.25, -0.2) is 4.98 Å². The van der Waals surface area contributed by atoms with Crippen molar-refractivity contribution in [2.24, 2.45) is 0 Å². The zero-order valence-electron chi connectivity index (χ0n) is 10.4. The maximum atomic E-state index is 12.1. The number of aromatic nitrogens is 3. The lowest BCUT2D eigenvalue weighted by molar-refractivity contribution is -0.0588. The minimum Gasteiger partial charge on any atom is -0.372 e. The molecule has 1 aliphatic rings. The fourth-order valence-corrected chi connectivity index (χ4v) is 2.03. The normalized spacial score (nSPS) is 25.0. The van der Waals surface area contributed by atoms with Gasteiger partial charge in [-0.3, -0.25) is 9.89 Å². The van der Waals surface area contributed by atoms with Crippen LogP contribution in [0.25, 0.3) is 0 Å². The van der Waals surface area contributed by atoms with E-state index in [4.69, 9.17) is 4.74 Å². The maximum absolute atomic E-state index is 12.1. The molecule has 1 fully saturated rings. The van der Waals surface area contributed by atoms with Crippen LogP contribution in [0.15, 0.2) is 0 Å². The predicted molar refractivity (Wildman–Crippen MR) is 61.7 cm³/mol. The molecule has 2 rings (SSSR count). The second-order valence-corrected chi connectivity index (χ2v) is 4.43. The number of nitrogens with one attached hydrogen (secondary N) is 1. The highest BCUT2D eigenvalue weighted by Gasteiger charge is 2.28. The highest BCUT2D eigenvalue weighted by atomic mass is 16.5. The molecular weight excluding hydrogens is 220 g/mol. The topological polar surface area (TPSA) is 71.1 Å². The average Bonchev–Trinajstić information content (AvgIpc) is 2.75. The lowest BCUT2D eigenvalue weighted by Gasteiger charge is -2.34. The fourth-order valence-electron chi connectivity index (χ4n) is 2.03. The zero-order chi connectivity index (χ0) is 12.4. The lowest BCUT2D eigenvalue weighted by atomic mass is 10.2. The van der Waals surface area contributed by atoms with Gasteiger partial charge in [0.1, 0.15) is 5.82 Å². The molecular formula is C11H18N4O2. The van der Waals surface area contributed by atoms with E-state index < -0.39 is 0 Å². The van der Waals surface area contributed by atoms with Gasteiger partial charge in [-0.15, -0.1) is 5.10 Å². The molecule has 0 aromatic carbocycles. The Balaban J connectivity index is 2.08. The number of amides is 1. The Kier molecular flexibility index (Phi) is 3.42. The Labute approximate surface area is 100 Å². The van der Waals surface area contributed by atoms with Gasteiger partial charge in [0, 0.05) is 19.5 Å². The summed E-state index contributed by atoms with van der Waals surface area (Å²) in [5, 5.41) is 6.70. The molecule has 6 heteroatoms. The molecule has 1 N–H and O–H groups in total. The van der Waals surface area contributed by atoms with Crippen LogP contribution in [0, 0.1) is 0 Å². The number of morpholine rings is 1. The number of rotatable bonds is 2. The molecule has 0 aliphatic carbocycles. The van der Waals surface area contributed by atoms with E-state index in [9.17, 15) is 4.79 Å². The third-order valence-corrected chi connectivity index (χ3v) is 2.76. The van der Waals surface area contributed by atoms with Crippen molar-refractivity contribution in [3.05, 3.63) is 11.6 Å². The number of hydrogen-bond donors (Lipinski definition) is 1. The van der Waals surface area contributed by atoms with E-state index in [0.717, 1.165) is 12.2 Å². The van der Waals surface area contributed by atoms with E-state index >= 15 is 0 Å². The van der Waals surface area contributed by atoms with Crippen molar-refractivity contribution in [3.63, 3.8) is 0 Å².